The van der Waals surface area contributed by atoms with Crippen molar-refractivity contribution in [3.63, 3.8) is 0 Å². The van der Waals surface area contributed by atoms with Crippen LogP contribution in [0.5, 0.6) is 11.5 Å². The minimum atomic E-state index is -0.782. The van der Waals surface area contributed by atoms with Gasteiger partial charge < -0.3 is 14.2 Å². The molecule has 0 radical (unpaired) electrons. The number of hydrogen-bond donors (Lipinski definition) is 0. The maximum atomic E-state index is 13.0. The van der Waals surface area contributed by atoms with Crippen molar-refractivity contribution in [2.24, 2.45) is 0 Å². The number of hydrogen-bond acceptors (Lipinski definition) is 7. The lowest BCUT2D eigenvalue weighted by atomic mass is 10.1. The molecule has 1 aliphatic heterocycles. The normalized spacial score (nSPS) is 12.4. The molecule has 0 N–H and O–H groups in total. The number of nitrogens with zero attached hydrogens (tertiary/aromatic N) is 1. The Morgan fingerprint density at radius 1 is 0.788 bits per heavy atom. The molecule has 166 valence electrons. The number of amides is 2. The Kier molecular flexibility index (Phi) is 5.91. The van der Waals surface area contributed by atoms with E-state index in [9.17, 15) is 19.2 Å². The summed E-state index contributed by atoms with van der Waals surface area (Å²) in [4.78, 5) is 51.6. The molecule has 8 heteroatoms. The predicted molar refractivity (Wildman–Crippen MR) is 118 cm³/mol. The van der Waals surface area contributed by atoms with E-state index >= 15 is 0 Å². The molecule has 0 atom stereocenters. The number of anilines is 1. The van der Waals surface area contributed by atoms with Crippen molar-refractivity contribution in [1.29, 1.82) is 0 Å². The van der Waals surface area contributed by atoms with Crippen molar-refractivity contribution in [2.75, 3.05) is 25.7 Å². The molecule has 0 bridgehead atoms. The van der Waals surface area contributed by atoms with E-state index in [1.165, 1.54) is 32.4 Å². The minimum Gasteiger partial charge on any atom is -0.497 e. The smallest absolute Gasteiger partial charge is 0.338 e. The second kappa shape index (κ2) is 8.96. The molecule has 0 spiro atoms. The molecular weight excluding hydrogens is 426 g/mol. The van der Waals surface area contributed by atoms with Gasteiger partial charge in [0.2, 0.25) is 0 Å². The summed E-state index contributed by atoms with van der Waals surface area (Å²) in [6.07, 6.45) is 0. The third kappa shape index (κ3) is 4.06. The molecule has 0 aliphatic carbocycles. The number of ketones is 1. The number of rotatable bonds is 7. The van der Waals surface area contributed by atoms with Crippen LogP contribution in [0.2, 0.25) is 0 Å². The van der Waals surface area contributed by atoms with Crippen molar-refractivity contribution in [3.8, 4) is 11.5 Å². The fourth-order valence-corrected chi connectivity index (χ4v) is 3.48. The number of ether oxygens (including phenoxy) is 3. The molecule has 0 saturated heterocycles. The zero-order valence-corrected chi connectivity index (χ0v) is 17.9. The van der Waals surface area contributed by atoms with Crippen LogP contribution in [0.15, 0.2) is 66.7 Å². The molecule has 0 aromatic heterocycles. The van der Waals surface area contributed by atoms with E-state index in [0.717, 1.165) is 4.90 Å². The van der Waals surface area contributed by atoms with Crippen molar-refractivity contribution in [1.82, 2.24) is 0 Å². The first-order valence-electron chi connectivity index (χ1n) is 9.95. The van der Waals surface area contributed by atoms with E-state index in [-0.39, 0.29) is 22.5 Å². The van der Waals surface area contributed by atoms with Crippen LogP contribution in [0.25, 0.3) is 0 Å². The summed E-state index contributed by atoms with van der Waals surface area (Å²) >= 11 is 0. The largest absolute Gasteiger partial charge is 0.497 e. The van der Waals surface area contributed by atoms with E-state index in [2.05, 4.69) is 0 Å². The summed E-state index contributed by atoms with van der Waals surface area (Å²) in [7, 11) is 2.96. The fourth-order valence-electron chi connectivity index (χ4n) is 3.48. The van der Waals surface area contributed by atoms with Gasteiger partial charge in [-0.3, -0.25) is 14.4 Å². The van der Waals surface area contributed by atoms with Crippen LogP contribution >= 0.6 is 0 Å². The molecule has 8 nitrogen and oxygen atoms in total. The van der Waals surface area contributed by atoms with Gasteiger partial charge in [0.05, 0.1) is 36.6 Å². The van der Waals surface area contributed by atoms with Gasteiger partial charge in [-0.15, -0.1) is 0 Å². The van der Waals surface area contributed by atoms with Crippen molar-refractivity contribution in [2.45, 2.75) is 0 Å². The van der Waals surface area contributed by atoms with Crippen LogP contribution < -0.4 is 14.4 Å². The van der Waals surface area contributed by atoms with Gasteiger partial charge in [-0.1, -0.05) is 12.1 Å². The van der Waals surface area contributed by atoms with Gasteiger partial charge >= 0.3 is 5.97 Å². The highest BCUT2D eigenvalue weighted by Gasteiger charge is 2.38. The van der Waals surface area contributed by atoms with Gasteiger partial charge in [0.1, 0.15) is 11.5 Å². The van der Waals surface area contributed by atoms with Gasteiger partial charge in [0, 0.05) is 5.56 Å². The summed E-state index contributed by atoms with van der Waals surface area (Å²) in [6.45, 7) is -0.470. The number of benzene rings is 3. The van der Waals surface area contributed by atoms with E-state index in [1.807, 2.05) is 0 Å². The van der Waals surface area contributed by atoms with Crippen LogP contribution in [-0.2, 0) is 4.74 Å². The number of carbonyl (C=O) groups is 4. The summed E-state index contributed by atoms with van der Waals surface area (Å²) in [5.74, 6) is -1.30. The lowest BCUT2D eigenvalue weighted by molar-refractivity contribution is 0.0474. The molecule has 1 heterocycles. The highest BCUT2D eigenvalue weighted by Crippen LogP contribution is 2.35. The number of imide groups is 1. The lowest BCUT2D eigenvalue weighted by Gasteiger charge is -2.16. The second-order valence-electron chi connectivity index (χ2n) is 7.11. The van der Waals surface area contributed by atoms with Crippen LogP contribution in [0.3, 0.4) is 0 Å². The molecule has 33 heavy (non-hydrogen) atoms. The Morgan fingerprint density at radius 3 is 2.15 bits per heavy atom. The molecule has 3 aromatic carbocycles. The summed E-state index contributed by atoms with van der Waals surface area (Å²) in [6, 6.07) is 17.1. The van der Waals surface area contributed by atoms with E-state index in [4.69, 9.17) is 14.2 Å². The Labute approximate surface area is 189 Å². The fraction of sp³-hybridized carbons (Fsp3) is 0.120. The zero-order valence-electron chi connectivity index (χ0n) is 17.9. The van der Waals surface area contributed by atoms with E-state index in [0.29, 0.717) is 22.7 Å². The number of methoxy groups -OCH3 is 2. The number of fused-ring (bicyclic) bond motifs is 1. The maximum Gasteiger partial charge on any atom is 0.338 e. The summed E-state index contributed by atoms with van der Waals surface area (Å²) < 4.78 is 15.4. The van der Waals surface area contributed by atoms with Gasteiger partial charge in [0.25, 0.3) is 11.8 Å². The highest BCUT2D eigenvalue weighted by atomic mass is 16.5. The van der Waals surface area contributed by atoms with Gasteiger partial charge in [-0.25, -0.2) is 9.69 Å². The molecule has 1 aliphatic rings. The maximum absolute atomic E-state index is 13.0. The quantitative estimate of drug-likeness (QED) is 0.312. The number of esters is 1. The molecular formula is C25H19NO7. The SMILES string of the molecule is COc1ccc(C(=O)COC(=O)c2ccc3c(c2)C(=O)N(c2ccccc2OC)C3=O)cc1. The van der Waals surface area contributed by atoms with Gasteiger partial charge in [-0.05, 0) is 54.6 Å². The first-order valence-corrected chi connectivity index (χ1v) is 9.95. The Morgan fingerprint density at radius 2 is 1.45 bits per heavy atom. The molecule has 3 aromatic rings. The monoisotopic (exact) mass is 445 g/mol. The summed E-state index contributed by atoms with van der Waals surface area (Å²) in [5, 5.41) is 0. The molecule has 4 rings (SSSR count). The molecule has 0 unspecified atom stereocenters. The summed E-state index contributed by atoms with van der Waals surface area (Å²) in [5.41, 5.74) is 0.962. The van der Waals surface area contributed by atoms with Crippen LogP contribution in [0, 0.1) is 0 Å². The van der Waals surface area contributed by atoms with Crippen LogP contribution in [-0.4, -0.2) is 44.4 Å². The standard InChI is InChI=1S/C25H19NO7/c1-31-17-10-7-15(8-11-17)21(27)14-33-25(30)16-9-12-18-19(13-16)24(29)26(23(18)28)20-5-3-4-6-22(20)32-2/h3-13H,14H2,1-2H3. The average Bonchev–Trinajstić information content (AvgIpc) is 3.11. The van der Waals surface area contributed by atoms with Crippen molar-refractivity contribution >= 4 is 29.3 Å². The third-order valence-electron chi connectivity index (χ3n) is 5.19. The zero-order chi connectivity index (χ0) is 23.5. The Hall–Kier alpha value is -4.46. The molecule has 0 saturated carbocycles. The predicted octanol–water partition coefficient (Wildman–Crippen LogP) is 3.54. The molecule has 2 amide bonds. The van der Waals surface area contributed by atoms with Crippen LogP contribution in [0.4, 0.5) is 5.69 Å². The second-order valence-corrected chi connectivity index (χ2v) is 7.11. The Balaban J connectivity index is 1.50. The van der Waals surface area contributed by atoms with Crippen molar-refractivity contribution in [3.05, 3.63) is 89.0 Å². The van der Waals surface area contributed by atoms with E-state index in [1.54, 1.807) is 48.5 Å². The lowest BCUT2D eigenvalue weighted by Crippen LogP contribution is -2.29. The topological polar surface area (TPSA) is 99.2 Å². The molecule has 0 fully saturated rings. The first-order chi connectivity index (χ1) is 15.9. The van der Waals surface area contributed by atoms with E-state index < -0.39 is 24.4 Å². The first kappa shape index (κ1) is 21.8. The average molecular weight is 445 g/mol. The van der Waals surface area contributed by atoms with Gasteiger partial charge in [-0.2, -0.15) is 0 Å². The Bertz CT molecular complexity index is 1260. The number of para-hydroxylation sites is 2. The highest BCUT2D eigenvalue weighted by molar-refractivity contribution is 6.35. The minimum absolute atomic E-state index is 0.0549. The van der Waals surface area contributed by atoms with Crippen molar-refractivity contribution < 1.29 is 33.4 Å². The third-order valence-corrected chi connectivity index (χ3v) is 5.19. The van der Waals surface area contributed by atoms with Crippen LogP contribution in [0.1, 0.15) is 41.4 Å². The van der Waals surface area contributed by atoms with Gasteiger partial charge in [0.15, 0.2) is 12.4 Å². The number of carbonyl (C=O) groups excluding carboxylic acids is 4. The number of Topliss-reactive ketones (excluding diaryl/α,β-unsaturated/α-hetero) is 1.